The molecule has 0 heterocycles. The minimum atomic E-state index is -4.17. The summed E-state index contributed by atoms with van der Waals surface area (Å²) in [5, 5.41) is 0. The van der Waals surface area contributed by atoms with E-state index in [1.54, 1.807) is 0 Å². The zero-order valence-electron chi connectivity index (χ0n) is 11.5. The van der Waals surface area contributed by atoms with Crippen LogP contribution < -0.4 is 10.0 Å². The third-order valence-electron chi connectivity index (χ3n) is 3.05. The Hall–Kier alpha value is -2.15. The minimum Gasteiger partial charge on any atom is -0.399 e. The predicted molar refractivity (Wildman–Crippen MR) is 77.5 cm³/mol. The lowest BCUT2D eigenvalue weighted by Gasteiger charge is -2.20. The smallest absolute Gasteiger partial charge is 0.267 e. The molecule has 0 aliphatic rings. The van der Waals surface area contributed by atoms with Crippen molar-refractivity contribution in [3.8, 4) is 0 Å². The summed E-state index contributed by atoms with van der Waals surface area (Å²) in [4.78, 5) is -0.535. The number of rotatable bonds is 3. The Kier molecular flexibility index (Phi) is 3.87. The van der Waals surface area contributed by atoms with Crippen LogP contribution in [0.25, 0.3) is 0 Å². The van der Waals surface area contributed by atoms with E-state index in [-0.39, 0.29) is 16.9 Å². The molecule has 0 amide bonds. The molecule has 2 rings (SSSR count). The first-order valence-corrected chi connectivity index (χ1v) is 7.47. The SMILES string of the molecule is Cc1cc(N)cc(S(=O)(=O)N(C)c2cccc(F)c2)c1F. The van der Waals surface area contributed by atoms with Crippen molar-refractivity contribution in [2.24, 2.45) is 0 Å². The van der Waals surface area contributed by atoms with Crippen molar-refractivity contribution in [2.45, 2.75) is 11.8 Å². The third kappa shape index (κ3) is 2.82. The fourth-order valence-electron chi connectivity index (χ4n) is 1.91. The fourth-order valence-corrected chi connectivity index (χ4v) is 3.27. The largest absolute Gasteiger partial charge is 0.399 e. The molecule has 0 aliphatic heterocycles. The van der Waals surface area contributed by atoms with Gasteiger partial charge in [-0.3, -0.25) is 4.31 Å². The van der Waals surface area contributed by atoms with Crippen LogP contribution in [-0.2, 0) is 10.0 Å². The maximum Gasteiger partial charge on any atom is 0.267 e. The van der Waals surface area contributed by atoms with Gasteiger partial charge in [0, 0.05) is 12.7 Å². The number of hydrogen-bond acceptors (Lipinski definition) is 3. The molecule has 0 spiro atoms. The first-order chi connectivity index (χ1) is 9.73. The van der Waals surface area contributed by atoms with E-state index in [2.05, 4.69) is 0 Å². The Morgan fingerprint density at radius 3 is 2.43 bits per heavy atom. The van der Waals surface area contributed by atoms with Gasteiger partial charge < -0.3 is 5.73 Å². The molecule has 2 aromatic rings. The Labute approximate surface area is 121 Å². The molecule has 0 aromatic heterocycles. The van der Waals surface area contributed by atoms with Gasteiger partial charge in [0.2, 0.25) is 0 Å². The van der Waals surface area contributed by atoms with E-state index in [9.17, 15) is 17.2 Å². The second-order valence-corrected chi connectivity index (χ2v) is 6.54. The summed E-state index contributed by atoms with van der Waals surface area (Å²) in [6, 6.07) is 7.42. The Balaban J connectivity index is 2.57. The molecule has 0 saturated heterocycles. The van der Waals surface area contributed by atoms with Gasteiger partial charge in [-0.05, 0) is 42.8 Å². The van der Waals surface area contributed by atoms with Gasteiger partial charge in [-0.15, -0.1) is 0 Å². The molecule has 0 saturated carbocycles. The molecule has 0 radical (unpaired) electrons. The highest BCUT2D eigenvalue weighted by Gasteiger charge is 2.26. The van der Waals surface area contributed by atoms with Gasteiger partial charge in [-0.25, -0.2) is 17.2 Å². The third-order valence-corrected chi connectivity index (χ3v) is 4.84. The van der Waals surface area contributed by atoms with E-state index < -0.39 is 26.6 Å². The van der Waals surface area contributed by atoms with Crippen LogP contribution in [0.15, 0.2) is 41.3 Å². The van der Waals surface area contributed by atoms with E-state index in [0.29, 0.717) is 0 Å². The zero-order chi connectivity index (χ0) is 15.8. The molecule has 4 nitrogen and oxygen atoms in total. The van der Waals surface area contributed by atoms with Crippen LogP contribution in [0, 0.1) is 18.6 Å². The van der Waals surface area contributed by atoms with Gasteiger partial charge in [-0.1, -0.05) is 6.07 Å². The molecule has 0 unspecified atom stereocenters. The van der Waals surface area contributed by atoms with E-state index in [1.807, 2.05) is 0 Å². The molecule has 0 bridgehead atoms. The average Bonchev–Trinajstić information content (AvgIpc) is 2.41. The van der Waals surface area contributed by atoms with Crippen LogP contribution in [0.3, 0.4) is 0 Å². The van der Waals surface area contributed by atoms with Gasteiger partial charge in [0.15, 0.2) is 0 Å². The van der Waals surface area contributed by atoms with Crippen LogP contribution in [0.1, 0.15) is 5.56 Å². The maximum atomic E-state index is 14.1. The summed E-state index contributed by atoms with van der Waals surface area (Å²) in [6.45, 7) is 1.42. The van der Waals surface area contributed by atoms with Crippen molar-refractivity contribution in [1.29, 1.82) is 0 Å². The van der Waals surface area contributed by atoms with E-state index in [4.69, 9.17) is 5.73 Å². The zero-order valence-corrected chi connectivity index (χ0v) is 12.3. The number of halogens is 2. The molecular weight excluding hydrogens is 298 g/mol. The second-order valence-electron chi connectivity index (χ2n) is 4.60. The summed E-state index contributed by atoms with van der Waals surface area (Å²) in [7, 11) is -2.95. The first kappa shape index (κ1) is 15.2. The summed E-state index contributed by atoms with van der Waals surface area (Å²) < 4.78 is 53.1. The highest BCUT2D eigenvalue weighted by Crippen LogP contribution is 2.27. The molecule has 2 N–H and O–H groups in total. The highest BCUT2D eigenvalue weighted by molar-refractivity contribution is 7.92. The standard InChI is InChI=1S/C14H14F2N2O2S/c1-9-6-11(17)8-13(14(9)16)21(19,20)18(2)12-5-3-4-10(15)7-12/h3-8H,17H2,1-2H3. The number of anilines is 2. The number of benzene rings is 2. The topological polar surface area (TPSA) is 63.4 Å². The normalized spacial score (nSPS) is 11.4. The summed E-state index contributed by atoms with van der Waals surface area (Å²) in [5.74, 6) is -1.45. The quantitative estimate of drug-likeness (QED) is 0.886. The van der Waals surface area contributed by atoms with E-state index in [1.165, 1.54) is 38.2 Å². The summed E-state index contributed by atoms with van der Waals surface area (Å²) >= 11 is 0. The van der Waals surface area contributed by atoms with Crippen molar-refractivity contribution in [2.75, 3.05) is 17.1 Å². The molecule has 0 fully saturated rings. The predicted octanol–water partition coefficient (Wildman–Crippen LogP) is 2.68. The molecule has 2 aromatic carbocycles. The number of nitrogens with two attached hydrogens (primary N) is 1. The molecular formula is C14H14F2N2O2S. The summed E-state index contributed by atoms with van der Waals surface area (Å²) in [5.41, 5.74) is 5.94. The molecule has 112 valence electrons. The van der Waals surface area contributed by atoms with Gasteiger partial charge in [0.25, 0.3) is 10.0 Å². The lowest BCUT2D eigenvalue weighted by atomic mass is 10.2. The van der Waals surface area contributed by atoms with Gasteiger partial charge in [0.05, 0.1) is 5.69 Å². The summed E-state index contributed by atoms with van der Waals surface area (Å²) in [6.07, 6.45) is 0. The number of nitrogens with zero attached hydrogens (tertiary/aromatic N) is 1. The number of hydrogen-bond donors (Lipinski definition) is 1. The average molecular weight is 312 g/mol. The maximum absolute atomic E-state index is 14.1. The Morgan fingerprint density at radius 2 is 1.81 bits per heavy atom. The van der Waals surface area contributed by atoms with E-state index >= 15 is 0 Å². The lowest BCUT2D eigenvalue weighted by Crippen LogP contribution is -2.27. The van der Waals surface area contributed by atoms with Crippen molar-refractivity contribution in [3.63, 3.8) is 0 Å². The van der Waals surface area contributed by atoms with Crippen molar-refractivity contribution < 1.29 is 17.2 Å². The monoisotopic (exact) mass is 312 g/mol. The van der Waals surface area contributed by atoms with Crippen LogP contribution in [-0.4, -0.2) is 15.5 Å². The van der Waals surface area contributed by atoms with Crippen LogP contribution in [0.5, 0.6) is 0 Å². The van der Waals surface area contributed by atoms with Crippen LogP contribution in [0.4, 0.5) is 20.2 Å². The van der Waals surface area contributed by atoms with Gasteiger partial charge in [-0.2, -0.15) is 0 Å². The minimum absolute atomic E-state index is 0.0921. The van der Waals surface area contributed by atoms with Crippen molar-refractivity contribution in [3.05, 3.63) is 53.6 Å². The van der Waals surface area contributed by atoms with Crippen LogP contribution >= 0.6 is 0 Å². The Bertz CT molecular complexity index is 792. The van der Waals surface area contributed by atoms with Crippen molar-refractivity contribution in [1.82, 2.24) is 0 Å². The van der Waals surface area contributed by atoms with Gasteiger partial charge >= 0.3 is 0 Å². The van der Waals surface area contributed by atoms with E-state index in [0.717, 1.165) is 16.4 Å². The number of aryl methyl sites for hydroxylation is 1. The molecule has 0 atom stereocenters. The molecule has 7 heteroatoms. The van der Waals surface area contributed by atoms with Crippen molar-refractivity contribution >= 4 is 21.4 Å². The fraction of sp³-hybridized carbons (Fsp3) is 0.143. The van der Waals surface area contributed by atoms with Gasteiger partial charge in [0.1, 0.15) is 16.5 Å². The number of nitrogen functional groups attached to an aromatic ring is 1. The highest BCUT2D eigenvalue weighted by atomic mass is 32.2. The molecule has 0 aliphatic carbocycles. The first-order valence-electron chi connectivity index (χ1n) is 6.03. The second kappa shape index (κ2) is 5.33. The lowest BCUT2D eigenvalue weighted by molar-refractivity contribution is 0.561. The molecule has 21 heavy (non-hydrogen) atoms. The Morgan fingerprint density at radius 1 is 1.14 bits per heavy atom. The number of sulfonamides is 1. The van der Waals surface area contributed by atoms with Crippen LogP contribution in [0.2, 0.25) is 0 Å².